The maximum absolute atomic E-state index is 12.6. The molecule has 0 radical (unpaired) electrons. The van der Waals surface area contributed by atoms with Gasteiger partial charge < -0.3 is 14.9 Å². The Morgan fingerprint density at radius 1 is 1.23 bits per heavy atom. The van der Waals surface area contributed by atoms with Crippen molar-refractivity contribution >= 4 is 17.8 Å². The number of hydrogen-bond donors (Lipinski definition) is 1. The molecule has 7 heteroatoms. The second kappa shape index (κ2) is 7.05. The number of carbonyl (C=O) groups is 3. The largest absolute Gasteiger partial charge is 0.480 e. The van der Waals surface area contributed by atoms with Crippen LogP contribution in [-0.2, 0) is 9.59 Å². The van der Waals surface area contributed by atoms with Crippen molar-refractivity contribution in [2.75, 3.05) is 19.6 Å². The SMILES string of the molecule is Cc1ccc(C(=O)N2CCC3(CCC(=O)N([C@H](C)C(=O)O)C3)CC2)cn1. The van der Waals surface area contributed by atoms with Crippen LogP contribution >= 0.6 is 0 Å². The number of aryl methyl sites for hydroxylation is 1. The number of likely N-dealkylation sites (tertiary alicyclic amines) is 2. The van der Waals surface area contributed by atoms with Crippen LogP contribution in [0.25, 0.3) is 0 Å². The van der Waals surface area contributed by atoms with Crippen molar-refractivity contribution in [1.82, 2.24) is 14.8 Å². The monoisotopic (exact) mass is 359 g/mol. The van der Waals surface area contributed by atoms with E-state index >= 15 is 0 Å². The molecule has 0 unspecified atom stereocenters. The minimum Gasteiger partial charge on any atom is -0.480 e. The molecule has 140 valence electrons. The topological polar surface area (TPSA) is 90.8 Å². The zero-order valence-corrected chi connectivity index (χ0v) is 15.3. The van der Waals surface area contributed by atoms with E-state index in [1.807, 2.05) is 17.9 Å². The highest BCUT2D eigenvalue weighted by atomic mass is 16.4. The van der Waals surface area contributed by atoms with Gasteiger partial charge in [-0.2, -0.15) is 0 Å². The molecule has 7 nitrogen and oxygen atoms in total. The van der Waals surface area contributed by atoms with Gasteiger partial charge >= 0.3 is 5.97 Å². The summed E-state index contributed by atoms with van der Waals surface area (Å²) in [6, 6.07) is 2.82. The number of piperidine rings is 2. The van der Waals surface area contributed by atoms with Gasteiger partial charge in [0, 0.05) is 37.9 Å². The molecule has 0 aromatic carbocycles. The van der Waals surface area contributed by atoms with E-state index in [1.165, 1.54) is 4.90 Å². The highest BCUT2D eigenvalue weighted by Gasteiger charge is 2.43. The number of aromatic nitrogens is 1. The Bertz CT molecular complexity index is 708. The van der Waals surface area contributed by atoms with Crippen molar-refractivity contribution in [3.63, 3.8) is 0 Å². The van der Waals surface area contributed by atoms with Crippen LogP contribution in [0.5, 0.6) is 0 Å². The standard InChI is InChI=1S/C19H25N3O4/c1-13-3-4-15(11-20-13)17(24)21-9-7-19(8-10-21)6-5-16(23)22(12-19)14(2)18(25)26/h3-4,11,14H,5-10,12H2,1-2H3,(H,25,26)/t14-/m1/s1. The van der Waals surface area contributed by atoms with Crippen LogP contribution in [0, 0.1) is 12.3 Å². The first-order valence-corrected chi connectivity index (χ1v) is 9.06. The zero-order valence-electron chi connectivity index (χ0n) is 15.3. The normalized spacial score (nSPS) is 20.9. The van der Waals surface area contributed by atoms with Gasteiger partial charge in [-0.3, -0.25) is 14.6 Å². The average Bonchev–Trinajstić information content (AvgIpc) is 2.64. The molecule has 2 saturated heterocycles. The second-order valence-electron chi connectivity index (χ2n) is 7.52. The number of carboxylic acid groups (broad SMARTS) is 1. The lowest BCUT2D eigenvalue weighted by Crippen LogP contribution is -2.55. The van der Waals surface area contributed by atoms with Crippen molar-refractivity contribution in [2.24, 2.45) is 5.41 Å². The van der Waals surface area contributed by atoms with Crippen LogP contribution in [0.1, 0.15) is 48.7 Å². The molecule has 1 aromatic rings. The predicted octanol–water partition coefficient (Wildman–Crippen LogP) is 1.71. The molecule has 2 fully saturated rings. The van der Waals surface area contributed by atoms with Crippen molar-refractivity contribution < 1.29 is 19.5 Å². The number of carbonyl (C=O) groups excluding carboxylic acids is 2. The Morgan fingerprint density at radius 3 is 2.50 bits per heavy atom. The molecule has 3 rings (SSSR count). The number of pyridine rings is 1. The van der Waals surface area contributed by atoms with E-state index in [4.69, 9.17) is 0 Å². The lowest BCUT2D eigenvalue weighted by atomic mass is 9.72. The van der Waals surface area contributed by atoms with Gasteiger partial charge in [-0.25, -0.2) is 4.79 Å². The lowest BCUT2D eigenvalue weighted by Gasteiger charge is -2.48. The summed E-state index contributed by atoms with van der Waals surface area (Å²) < 4.78 is 0. The van der Waals surface area contributed by atoms with Gasteiger partial charge in [0.1, 0.15) is 6.04 Å². The molecule has 1 spiro atoms. The summed E-state index contributed by atoms with van der Waals surface area (Å²) in [5.74, 6) is -1.08. The number of hydrogen-bond acceptors (Lipinski definition) is 4. The molecule has 1 aromatic heterocycles. The molecule has 2 aliphatic heterocycles. The van der Waals surface area contributed by atoms with E-state index < -0.39 is 12.0 Å². The van der Waals surface area contributed by atoms with Crippen LogP contribution in [0.3, 0.4) is 0 Å². The molecular formula is C19H25N3O4. The minimum atomic E-state index is -0.977. The third-order valence-corrected chi connectivity index (χ3v) is 5.79. The number of carboxylic acids is 1. The molecule has 0 aliphatic carbocycles. The summed E-state index contributed by atoms with van der Waals surface area (Å²) in [4.78, 5) is 43.6. The fourth-order valence-electron chi connectivity index (χ4n) is 3.90. The number of amides is 2. The second-order valence-corrected chi connectivity index (χ2v) is 7.52. The Balaban J connectivity index is 1.65. The summed E-state index contributed by atoms with van der Waals surface area (Å²) in [5.41, 5.74) is 1.38. The van der Waals surface area contributed by atoms with Crippen LogP contribution in [0.15, 0.2) is 18.3 Å². The van der Waals surface area contributed by atoms with E-state index in [9.17, 15) is 19.5 Å². The van der Waals surface area contributed by atoms with Crippen LogP contribution < -0.4 is 0 Å². The fraction of sp³-hybridized carbons (Fsp3) is 0.579. The molecule has 1 atom stereocenters. The van der Waals surface area contributed by atoms with Gasteiger partial charge in [0.05, 0.1) is 5.56 Å². The van der Waals surface area contributed by atoms with Gasteiger partial charge in [0.15, 0.2) is 0 Å². The van der Waals surface area contributed by atoms with E-state index in [-0.39, 0.29) is 17.2 Å². The molecular weight excluding hydrogens is 334 g/mol. The first-order valence-electron chi connectivity index (χ1n) is 9.06. The van der Waals surface area contributed by atoms with Crippen LogP contribution in [0.2, 0.25) is 0 Å². The van der Waals surface area contributed by atoms with Gasteiger partial charge in [-0.15, -0.1) is 0 Å². The molecule has 3 heterocycles. The highest BCUT2D eigenvalue weighted by molar-refractivity contribution is 5.94. The third-order valence-electron chi connectivity index (χ3n) is 5.79. The summed E-state index contributed by atoms with van der Waals surface area (Å²) >= 11 is 0. The molecule has 26 heavy (non-hydrogen) atoms. The van der Waals surface area contributed by atoms with E-state index in [0.717, 1.165) is 25.0 Å². The Morgan fingerprint density at radius 2 is 1.92 bits per heavy atom. The molecule has 2 amide bonds. The maximum atomic E-state index is 12.6. The smallest absolute Gasteiger partial charge is 0.326 e. The van der Waals surface area contributed by atoms with Crippen molar-refractivity contribution in [2.45, 2.75) is 45.6 Å². The Kier molecular flexibility index (Phi) is 4.98. The number of nitrogens with zero attached hydrogens (tertiary/aromatic N) is 3. The van der Waals surface area contributed by atoms with Crippen molar-refractivity contribution in [3.8, 4) is 0 Å². The van der Waals surface area contributed by atoms with E-state index in [2.05, 4.69) is 4.98 Å². The summed E-state index contributed by atoms with van der Waals surface area (Å²) in [6.07, 6.45) is 4.33. The van der Waals surface area contributed by atoms with Crippen molar-refractivity contribution in [3.05, 3.63) is 29.6 Å². The predicted molar refractivity (Wildman–Crippen MR) is 94.6 cm³/mol. The maximum Gasteiger partial charge on any atom is 0.326 e. The van der Waals surface area contributed by atoms with Crippen molar-refractivity contribution in [1.29, 1.82) is 0 Å². The highest BCUT2D eigenvalue weighted by Crippen LogP contribution is 2.41. The fourth-order valence-corrected chi connectivity index (χ4v) is 3.90. The number of rotatable bonds is 3. The lowest BCUT2D eigenvalue weighted by molar-refractivity contribution is -0.154. The van der Waals surface area contributed by atoms with Crippen LogP contribution in [0.4, 0.5) is 0 Å². The molecule has 1 N–H and O–H groups in total. The van der Waals surface area contributed by atoms with E-state index in [0.29, 0.717) is 31.6 Å². The summed E-state index contributed by atoms with van der Waals surface area (Å²) in [6.45, 7) is 5.15. The zero-order chi connectivity index (χ0) is 18.9. The molecule has 0 saturated carbocycles. The minimum absolute atomic E-state index is 0.0185. The van der Waals surface area contributed by atoms with Gasteiger partial charge in [0.2, 0.25) is 5.91 Å². The first-order chi connectivity index (χ1) is 12.3. The summed E-state index contributed by atoms with van der Waals surface area (Å²) in [5, 5.41) is 9.25. The van der Waals surface area contributed by atoms with Gasteiger partial charge in [0.25, 0.3) is 5.91 Å². The van der Waals surface area contributed by atoms with Gasteiger partial charge in [-0.1, -0.05) is 0 Å². The molecule has 2 aliphatic rings. The van der Waals surface area contributed by atoms with Gasteiger partial charge in [-0.05, 0) is 50.7 Å². The number of aliphatic carboxylic acids is 1. The molecule has 0 bridgehead atoms. The quantitative estimate of drug-likeness (QED) is 0.887. The van der Waals surface area contributed by atoms with Crippen LogP contribution in [-0.4, -0.2) is 63.4 Å². The van der Waals surface area contributed by atoms with E-state index in [1.54, 1.807) is 19.2 Å². The third kappa shape index (κ3) is 3.57. The average molecular weight is 359 g/mol. The first kappa shape index (κ1) is 18.4. The Labute approximate surface area is 153 Å². The summed E-state index contributed by atoms with van der Waals surface area (Å²) in [7, 11) is 0. The Hall–Kier alpha value is -2.44.